The zero-order valence-corrected chi connectivity index (χ0v) is 11.6. The van der Waals surface area contributed by atoms with Gasteiger partial charge < -0.3 is 5.32 Å². The van der Waals surface area contributed by atoms with Crippen molar-refractivity contribution in [2.24, 2.45) is 0 Å². The van der Waals surface area contributed by atoms with E-state index in [9.17, 15) is 8.78 Å². The summed E-state index contributed by atoms with van der Waals surface area (Å²) in [5, 5.41) is 3.26. The van der Waals surface area contributed by atoms with Crippen molar-refractivity contribution >= 4 is 15.9 Å². The number of hydrogen-bond donors (Lipinski definition) is 1. The minimum atomic E-state index is -0.486. The molecule has 3 nitrogen and oxygen atoms in total. The van der Waals surface area contributed by atoms with Crippen molar-refractivity contribution in [1.82, 2.24) is 14.9 Å². The molecule has 2 heterocycles. The number of nitrogens with one attached hydrogen (secondary N) is 1. The molecule has 1 aromatic carbocycles. The lowest BCUT2D eigenvalue weighted by Crippen LogP contribution is -2.11. The number of hydrogen-bond acceptors (Lipinski definition) is 2. The Hall–Kier alpha value is -1.27. The maximum absolute atomic E-state index is 14.0. The summed E-state index contributed by atoms with van der Waals surface area (Å²) < 4.78 is 29.4. The Labute approximate surface area is 117 Å². The first-order valence-electron chi connectivity index (χ1n) is 6.04. The van der Waals surface area contributed by atoms with Crippen LogP contribution in [-0.4, -0.2) is 22.6 Å². The highest BCUT2D eigenvalue weighted by atomic mass is 79.9. The first-order chi connectivity index (χ1) is 9.16. The average Bonchev–Trinajstić information content (AvgIpc) is 3.03. The van der Waals surface area contributed by atoms with E-state index in [-0.39, 0.29) is 16.1 Å². The summed E-state index contributed by atoms with van der Waals surface area (Å²) in [6.45, 7) is 1.78. The molecule has 1 atom stereocenters. The fourth-order valence-electron chi connectivity index (χ4n) is 2.41. The van der Waals surface area contributed by atoms with Gasteiger partial charge >= 0.3 is 0 Å². The molecule has 1 aromatic heterocycles. The number of imidazole rings is 1. The predicted octanol–water partition coefficient (Wildman–Crippen LogP) is 2.99. The van der Waals surface area contributed by atoms with Crippen LogP contribution in [0.2, 0.25) is 0 Å². The molecule has 6 heteroatoms. The smallest absolute Gasteiger partial charge is 0.148 e. The van der Waals surface area contributed by atoms with E-state index in [0.717, 1.165) is 31.3 Å². The van der Waals surface area contributed by atoms with E-state index in [1.165, 1.54) is 12.4 Å². The largest absolute Gasteiger partial charge is 0.316 e. The van der Waals surface area contributed by atoms with Crippen molar-refractivity contribution in [2.75, 3.05) is 13.1 Å². The van der Waals surface area contributed by atoms with Gasteiger partial charge in [-0.15, -0.1) is 0 Å². The lowest BCUT2D eigenvalue weighted by molar-refractivity contribution is 0.582. The highest BCUT2D eigenvalue weighted by Gasteiger charge is 2.22. The second-order valence-corrected chi connectivity index (χ2v) is 5.45. The lowest BCUT2D eigenvalue weighted by Gasteiger charge is -2.14. The molecule has 0 bridgehead atoms. The minimum Gasteiger partial charge on any atom is -0.316 e. The van der Waals surface area contributed by atoms with Gasteiger partial charge in [-0.25, -0.2) is 13.8 Å². The molecule has 0 spiro atoms. The molecular formula is C13H12BrF2N3. The molecule has 1 unspecified atom stereocenters. The van der Waals surface area contributed by atoms with Crippen LogP contribution in [0.25, 0.3) is 5.69 Å². The van der Waals surface area contributed by atoms with Crippen molar-refractivity contribution in [1.29, 1.82) is 0 Å². The van der Waals surface area contributed by atoms with E-state index >= 15 is 0 Å². The number of benzene rings is 1. The number of aromatic nitrogens is 2. The van der Waals surface area contributed by atoms with Gasteiger partial charge in [-0.1, -0.05) is 0 Å². The van der Waals surface area contributed by atoms with E-state index in [2.05, 4.69) is 26.2 Å². The number of nitrogens with zero attached hydrogens (tertiary/aromatic N) is 2. The Morgan fingerprint density at radius 3 is 2.89 bits per heavy atom. The second kappa shape index (κ2) is 5.02. The van der Waals surface area contributed by atoms with Crippen molar-refractivity contribution in [3.05, 3.63) is 46.5 Å². The topological polar surface area (TPSA) is 29.9 Å². The fourth-order valence-corrected chi connectivity index (χ4v) is 2.73. The summed E-state index contributed by atoms with van der Waals surface area (Å²) >= 11 is 2.98. The van der Waals surface area contributed by atoms with E-state index in [1.807, 2.05) is 0 Å². The van der Waals surface area contributed by atoms with Crippen LogP contribution in [0.15, 0.2) is 29.1 Å². The molecule has 2 aromatic rings. The van der Waals surface area contributed by atoms with Crippen LogP contribution in [0.1, 0.15) is 18.0 Å². The Bertz CT molecular complexity index is 606. The summed E-state index contributed by atoms with van der Waals surface area (Å²) in [6, 6.07) is 2.33. The summed E-state index contributed by atoms with van der Waals surface area (Å²) in [5.41, 5.74) is 1.10. The van der Waals surface area contributed by atoms with E-state index in [1.54, 1.807) is 10.8 Å². The van der Waals surface area contributed by atoms with Gasteiger partial charge in [0.1, 0.15) is 11.6 Å². The highest BCUT2D eigenvalue weighted by Crippen LogP contribution is 2.28. The summed E-state index contributed by atoms with van der Waals surface area (Å²) in [7, 11) is 0. The molecule has 1 aliphatic rings. The molecule has 0 radical (unpaired) electrons. The van der Waals surface area contributed by atoms with Crippen molar-refractivity contribution in [2.45, 2.75) is 12.3 Å². The predicted molar refractivity (Wildman–Crippen MR) is 71.4 cm³/mol. The molecule has 0 amide bonds. The van der Waals surface area contributed by atoms with Crippen molar-refractivity contribution < 1.29 is 8.78 Å². The third-order valence-electron chi connectivity index (χ3n) is 3.39. The zero-order valence-electron chi connectivity index (χ0n) is 10.0. The van der Waals surface area contributed by atoms with Gasteiger partial charge in [0.15, 0.2) is 0 Å². The molecule has 1 N–H and O–H groups in total. The second-order valence-electron chi connectivity index (χ2n) is 4.60. The van der Waals surface area contributed by atoms with Crippen LogP contribution in [0, 0.1) is 11.6 Å². The van der Waals surface area contributed by atoms with Crippen LogP contribution in [0.3, 0.4) is 0 Å². The van der Waals surface area contributed by atoms with Crippen molar-refractivity contribution in [3.63, 3.8) is 0 Å². The zero-order chi connectivity index (χ0) is 13.4. The molecule has 1 aliphatic heterocycles. The molecule has 3 rings (SSSR count). The average molecular weight is 328 g/mol. The standard InChI is InChI=1S/C13H12BrF2N3/c14-9-3-11(16)12(4-10(9)15)19-7-18-6-13(19)8-1-2-17-5-8/h3-4,6-8,17H,1-2,5H2. The van der Waals surface area contributed by atoms with Gasteiger partial charge in [0, 0.05) is 30.4 Å². The minimum absolute atomic E-state index is 0.123. The summed E-state index contributed by atoms with van der Waals surface area (Å²) in [6.07, 6.45) is 4.22. The monoisotopic (exact) mass is 327 g/mol. The lowest BCUT2D eigenvalue weighted by atomic mass is 10.1. The number of rotatable bonds is 2. The molecule has 0 aliphatic carbocycles. The number of halogens is 3. The van der Waals surface area contributed by atoms with Crippen LogP contribution < -0.4 is 5.32 Å². The normalized spacial score (nSPS) is 19.0. The Morgan fingerprint density at radius 1 is 1.32 bits per heavy atom. The summed E-state index contributed by atoms with van der Waals surface area (Å²) in [4.78, 5) is 4.07. The first kappa shape index (κ1) is 12.7. The molecular weight excluding hydrogens is 316 g/mol. The Balaban J connectivity index is 2.07. The van der Waals surface area contributed by atoms with Crippen LogP contribution in [-0.2, 0) is 0 Å². The van der Waals surface area contributed by atoms with Gasteiger partial charge in [-0.05, 0) is 35.0 Å². The van der Waals surface area contributed by atoms with E-state index in [0.29, 0.717) is 0 Å². The first-order valence-corrected chi connectivity index (χ1v) is 6.84. The quantitative estimate of drug-likeness (QED) is 0.859. The SMILES string of the molecule is Fc1cc(-n2cncc2C2CCNC2)c(F)cc1Br. The van der Waals surface area contributed by atoms with E-state index in [4.69, 9.17) is 0 Å². The molecule has 1 fully saturated rings. The van der Waals surface area contributed by atoms with Crippen molar-refractivity contribution in [3.8, 4) is 5.69 Å². The van der Waals surface area contributed by atoms with Crippen LogP contribution >= 0.6 is 15.9 Å². The molecule has 0 saturated carbocycles. The Kier molecular flexibility index (Phi) is 3.36. The van der Waals surface area contributed by atoms with Gasteiger partial charge in [0.05, 0.1) is 16.5 Å². The molecule has 1 saturated heterocycles. The van der Waals surface area contributed by atoms with Gasteiger partial charge in [0.2, 0.25) is 0 Å². The van der Waals surface area contributed by atoms with Crippen LogP contribution in [0.5, 0.6) is 0 Å². The van der Waals surface area contributed by atoms with Gasteiger partial charge in [-0.2, -0.15) is 0 Å². The fraction of sp³-hybridized carbons (Fsp3) is 0.308. The van der Waals surface area contributed by atoms with Gasteiger partial charge in [0.25, 0.3) is 0 Å². The third kappa shape index (κ3) is 2.30. The Morgan fingerprint density at radius 2 is 2.16 bits per heavy atom. The maximum Gasteiger partial charge on any atom is 0.148 e. The molecule has 19 heavy (non-hydrogen) atoms. The van der Waals surface area contributed by atoms with Gasteiger partial charge in [-0.3, -0.25) is 4.57 Å². The van der Waals surface area contributed by atoms with E-state index < -0.39 is 11.6 Å². The molecule has 100 valence electrons. The highest BCUT2D eigenvalue weighted by molar-refractivity contribution is 9.10. The van der Waals surface area contributed by atoms with Crippen LogP contribution in [0.4, 0.5) is 8.78 Å². The maximum atomic E-state index is 14.0. The third-order valence-corrected chi connectivity index (χ3v) is 4.00. The summed E-state index contributed by atoms with van der Waals surface area (Å²) in [5.74, 6) is -0.673.